The van der Waals surface area contributed by atoms with Crippen LogP contribution in [0.2, 0.25) is 5.02 Å². The van der Waals surface area contributed by atoms with Gasteiger partial charge in [-0.05, 0) is 36.8 Å². The highest BCUT2D eigenvalue weighted by atomic mass is 35.5. The van der Waals surface area contributed by atoms with Crippen LogP contribution in [-0.2, 0) is 6.42 Å². The average molecular weight is 281 g/mol. The van der Waals surface area contributed by atoms with E-state index in [0.29, 0.717) is 16.3 Å². The van der Waals surface area contributed by atoms with E-state index in [4.69, 9.17) is 16.3 Å². The standard InChI is InChI=1S/C14H13ClO2S/c1-3-10-5-7-13(18-10)14(16)11-6-4-9(15)8-12(11)17-2/h4-8H,3H2,1-2H3. The number of carbonyl (C=O) groups is 1. The molecular weight excluding hydrogens is 268 g/mol. The Morgan fingerprint density at radius 3 is 2.72 bits per heavy atom. The maximum atomic E-state index is 12.4. The van der Waals surface area contributed by atoms with Crippen LogP contribution in [0.3, 0.4) is 0 Å². The third-order valence-corrected chi connectivity index (χ3v) is 4.11. The van der Waals surface area contributed by atoms with E-state index in [2.05, 4.69) is 6.92 Å². The van der Waals surface area contributed by atoms with Gasteiger partial charge in [-0.3, -0.25) is 4.79 Å². The summed E-state index contributed by atoms with van der Waals surface area (Å²) in [5.74, 6) is 0.493. The van der Waals surface area contributed by atoms with Gasteiger partial charge in [-0.25, -0.2) is 0 Å². The summed E-state index contributed by atoms with van der Waals surface area (Å²) in [7, 11) is 1.54. The first-order chi connectivity index (χ1) is 8.65. The van der Waals surface area contributed by atoms with Crippen molar-refractivity contribution in [1.29, 1.82) is 0 Å². The van der Waals surface area contributed by atoms with E-state index in [1.807, 2.05) is 12.1 Å². The molecule has 0 aliphatic rings. The number of rotatable bonds is 4. The molecule has 1 aromatic heterocycles. The lowest BCUT2D eigenvalue weighted by molar-refractivity contribution is 0.103. The number of aryl methyl sites for hydroxylation is 1. The number of methoxy groups -OCH3 is 1. The van der Waals surface area contributed by atoms with E-state index in [1.165, 1.54) is 23.3 Å². The van der Waals surface area contributed by atoms with Crippen molar-refractivity contribution >= 4 is 28.7 Å². The Balaban J connectivity index is 2.39. The molecule has 0 N–H and O–H groups in total. The summed E-state index contributed by atoms with van der Waals surface area (Å²) in [5, 5.41) is 0.559. The van der Waals surface area contributed by atoms with Crippen LogP contribution in [0.4, 0.5) is 0 Å². The van der Waals surface area contributed by atoms with Crippen LogP contribution < -0.4 is 4.74 Å². The monoisotopic (exact) mass is 280 g/mol. The molecule has 2 aromatic rings. The number of ether oxygens (including phenoxy) is 1. The molecule has 0 bridgehead atoms. The third kappa shape index (κ3) is 2.57. The molecule has 0 saturated carbocycles. The van der Waals surface area contributed by atoms with Crippen LogP contribution >= 0.6 is 22.9 Å². The van der Waals surface area contributed by atoms with E-state index >= 15 is 0 Å². The Labute approximate surface area is 115 Å². The van der Waals surface area contributed by atoms with Gasteiger partial charge >= 0.3 is 0 Å². The number of carbonyl (C=O) groups excluding carboxylic acids is 1. The summed E-state index contributed by atoms with van der Waals surface area (Å²) in [6.07, 6.45) is 0.940. The molecule has 0 unspecified atom stereocenters. The van der Waals surface area contributed by atoms with E-state index in [-0.39, 0.29) is 5.78 Å². The normalized spacial score (nSPS) is 10.4. The first kappa shape index (κ1) is 13.1. The molecule has 0 aliphatic heterocycles. The zero-order valence-corrected chi connectivity index (χ0v) is 11.8. The second-order valence-corrected chi connectivity index (χ2v) is 5.40. The topological polar surface area (TPSA) is 26.3 Å². The Morgan fingerprint density at radius 2 is 2.11 bits per heavy atom. The Morgan fingerprint density at radius 1 is 1.33 bits per heavy atom. The van der Waals surface area contributed by atoms with Crippen LogP contribution in [0, 0.1) is 0 Å². The number of ketones is 1. The molecular formula is C14H13ClO2S. The minimum Gasteiger partial charge on any atom is -0.496 e. The van der Waals surface area contributed by atoms with Crippen LogP contribution in [0.25, 0.3) is 0 Å². The molecule has 0 amide bonds. The van der Waals surface area contributed by atoms with Crippen molar-refractivity contribution in [2.75, 3.05) is 7.11 Å². The minimum absolute atomic E-state index is 0.0202. The second-order valence-electron chi connectivity index (χ2n) is 3.79. The fourth-order valence-corrected chi connectivity index (χ4v) is 2.74. The lowest BCUT2D eigenvalue weighted by Gasteiger charge is -2.06. The summed E-state index contributed by atoms with van der Waals surface area (Å²) in [4.78, 5) is 14.3. The van der Waals surface area contributed by atoms with E-state index in [9.17, 15) is 4.79 Å². The van der Waals surface area contributed by atoms with Gasteiger partial charge in [0.1, 0.15) is 5.75 Å². The van der Waals surface area contributed by atoms with E-state index in [0.717, 1.165) is 11.3 Å². The van der Waals surface area contributed by atoms with E-state index in [1.54, 1.807) is 18.2 Å². The lowest BCUT2D eigenvalue weighted by Crippen LogP contribution is -2.01. The van der Waals surface area contributed by atoms with Crippen molar-refractivity contribution in [3.05, 3.63) is 50.7 Å². The Hall–Kier alpha value is -1.32. The number of halogens is 1. The van der Waals surface area contributed by atoms with Crippen LogP contribution in [0.5, 0.6) is 5.75 Å². The van der Waals surface area contributed by atoms with Gasteiger partial charge in [-0.2, -0.15) is 0 Å². The molecule has 1 aromatic carbocycles. The smallest absolute Gasteiger partial charge is 0.206 e. The fraction of sp³-hybridized carbons (Fsp3) is 0.214. The van der Waals surface area contributed by atoms with Crippen molar-refractivity contribution in [3.63, 3.8) is 0 Å². The zero-order valence-electron chi connectivity index (χ0n) is 10.2. The van der Waals surface area contributed by atoms with Crippen molar-refractivity contribution < 1.29 is 9.53 Å². The van der Waals surface area contributed by atoms with Gasteiger partial charge in [-0.15, -0.1) is 11.3 Å². The molecule has 0 fully saturated rings. The van der Waals surface area contributed by atoms with Gasteiger partial charge in [0.2, 0.25) is 5.78 Å². The summed E-state index contributed by atoms with van der Waals surface area (Å²) >= 11 is 7.41. The maximum absolute atomic E-state index is 12.4. The highest BCUT2D eigenvalue weighted by Gasteiger charge is 2.16. The second kappa shape index (κ2) is 5.55. The first-order valence-corrected chi connectivity index (χ1v) is 6.82. The summed E-state index contributed by atoms with van der Waals surface area (Å²) in [6.45, 7) is 2.07. The molecule has 1 heterocycles. The average Bonchev–Trinajstić information content (AvgIpc) is 2.86. The van der Waals surface area contributed by atoms with Gasteiger partial charge in [0.05, 0.1) is 17.6 Å². The highest BCUT2D eigenvalue weighted by Crippen LogP contribution is 2.28. The van der Waals surface area contributed by atoms with E-state index < -0.39 is 0 Å². The van der Waals surface area contributed by atoms with Crippen LogP contribution in [-0.4, -0.2) is 12.9 Å². The fourth-order valence-electron chi connectivity index (χ4n) is 1.68. The predicted octanol–water partition coefficient (Wildman–Crippen LogP) is 4.20. The molecule has 0 saturated heterocycles. The molecule has 0 spiro atoms. The molecule has 0 aliphatic carbocycles. The largest absolute Gasteiger partial charge is 0.496 e. The lowest BCUT2D eigenvalue weighted by atomic mass is 10.1. The Kier molecular flexibility index (Phi) is 4.04. The van der Waals surface area contributed by atoms with Crippen molar-refractivity contribution in [1.82, 2.24) is 0 Å². The molecule has 94 valence electrons. The van der Waals surface area contributed by atoms with Crippen molar-refractivity contribution in [2.45, 2.75) is 13.3 Å². The van der Waals surface area contributed by atoms with Gasteiger partial charge in [0.15, 0.2) is 0 Å². The number of thiophene rings is 1. The quantitative estimate of drug-likeness (QED) is 0.785. The summed E-state index contributed by atoms with van der Waals surface area (Å²) in [5.41, 5.74) is 0.548. The van der Waals surface area contributed by atoms with Crippen LogP contribution in [0.1, 0.15) is 27.0 Å². The van der Waals surface area contributed by atoms with Gasteiger partial charge < -0.3 is 4.74 Å². The first-order valence-electron chi connectivity index (χ1n) is 5.62. The zero-order chi connectivity index (χ0) is 13.1. The predicted molar refractivity (Wildman–Crippen MR) is 75.1 cm³/mol. The van der Waals surface area contributed by atoms with Crippen molar-refractivity contribution in [2.24, 2.45) is 0 Å². The highest BCUT2D eigenvalue weighted by molar-refractivity contribution is 7.14. The number of hydrogen-bond acceptors (Lipinski definition) is 3. The third-order valence-electron chi connectivity index (χ3n) is 2.64. The Bertz CT molecular complexity index is 575. The molecule has 0 radical (unpaired) electrons. The molecule has 0 atom stereocenters. The molecule has 2 nitrogen and oxygen atoms in total. The maximum Gasteiger partial charge on any atom is 0.206 e. The summed E-state index contributed by atoms with van der Waals surface area (Å²) in [6, 6.07) is 8.91. The van der Waals surface area contributed by atoms with Crippen LogP contribution in [0.15, 0.2) is 30.3 Å². The van der Waals surface area contributed by atoms with Gasteiger partial charge in [0.25, 0.3) is 0 Å². The minimum atomic E-state index is -0.0202. The van der Waals surface area contributed by atoms with Gasteiger partial charge in [-0.1, -0.05) is 18.5 Å². The molecule has 4 heteroatoms. The van der Waals surface area contributed by atoms with Gasteiger partial charge in [0, 0.05) is 9.90 Å². The van der Waals surface area contributed by atoms with Crippen molar-refractivity contribution in [3.8, 4) is 5.75 Å². The SMILES string of the molecule is CCc1ccc(C(=O)c2ccc(Cl)cc2OC)s1. The summed E-state index contributed by atoms with van der Waals surface area (Å²) < 4.78 is 5.20. The molecule has 18 heavy (non-hydrogen) atoms. The molecule has 2 rings (SSSR count). The number of benzene rings is 1. The number of hydrogen-bond donors (Lipinski definition) is 0.